The number of nitrogens with one attached hydrogen (secondary N) is 1. The van der Waals surface area contributed by atoms with Crippen LogP contribution in [0.2, 0.25) is 5.02 Å². The van der Waals surface area contributed by atoms with Gasteiger partial charge in [-0.25, -0.2) is 9.18 Å². The van der Waals surface area contributed by atoms with Crippen molar-refractivity contribution < 1.29 is 23.5 Å². The van der Waals surface area contributed by atoms with Crippen molar-refractivity contribution in [2.24, 2.45) is 0 Å². The Bertz CT molecular complexity index is 931. The standard InChI is InChI=1S/C19H16ClFN2O4/c1-19(11-5-6-15-16(9-11)27-8-7-26-15)17(24)23(18(25)22-19)10-12-13(20)3-2-4-14(12)21/h2-6,9H,7-8,10H2,1H3,(H,22,25)/t19-/m1/s1. The molecule has 2 aromatic rings. The van der Waals surface area contributed by atoms with Crippen LogP contribution in [-0.2, 0) is 16.9 Å². The zero-order valence-corrected chi connectivity index (χ0v) is 15.2. The molecule has 0 unspecified atom stereocenters. The maximum Gasteiger partial charge on any atom is 0.325 e. The van der Waals surface area contributed by atoms with Crippen LogP contribution in [0, 0.1) is 5.82 Å². The van der Waals surface area contributed by atoms with Gasteiger partial charge in [0.05, 0.1) is 6.54 Å². The fourth-order valence-electron chi connectivity index (χ4n) is 3.23. The van der Waals surface area contributed by atoms with Crippen molar-refractivity contribution in [3.05, 3.63) is 58.4 Å². The number of hydrogen-bond acceptors (Lipinski definition) is 4. The average molecular weight is 391 g/mol. The fourth-order valence-corrected chi connectivity index (χ4v) is 3.45. The van der Waals surface area contributed by atoms with Gasteiger partial charge in [0.15, 0.2) is 11.5 Å². The molecule has 0 saturated carbocycles. The number of halogens is 2. The molecule has 0 aliphatic carbocycles. The predicted molar refractivity (Wildman–Crippen MR) is 95.3 cm³/mol. The number of imide groups is 1. The van der Waals surface area contributed by atoms with Crippen LogP contribution in [0.4, 0.5) is 9.18 Å². The Morgan fingerprint density at radius 3 is 2.67 bits per heavy atom. The summed E-state index contributed by atoms with van der Waals surface area (Å²) >= 11 is 6.03. The first-order chi connectivity index (χ1) is 12.9. The van der Waals surface area contributed by atoms with E-state index in [-0.39, 0.29) is 17.1 Å². The van der Waals surface area contributed by atoms with Crippen LogP contribution in [-0.4, -0.2) is 30.1 Å². The summed E-state index contributed by atoms with van der Waals surface area (Å²) in [5.74, 6) is 0.0255. The Kier molecular flexibility index (Phi) is 4.19. The second-order valence-electron chi connectivity index (χ2n) is 6.51. The largest absolute Gasteiger partial charge is 0.486 e. The quantitative estimate of drug-likeness (QED) is 0.817. The van der Waals surface area contributed by atoms with E-state index in [1.165, 1.54) is 18.2 Å². The Labute approximate surface area is 159 Å². The summed E-state index contributed by atoms with van der Waals surface area (Å²) in [6, 6.07) is 8.67. The molecule has 2 aliphatic rings. The van der Waals surface area contributed by atoms with E-state index in [0.29, 0.717) is 30.3 Å². The molecular formula is C19H16ClFN2O4. The third-order valence-corrected chi connectivity index (χ3v) is 5.13. The van der Waals surface area contributed by atoms with E-state index in [2.05, 4.69) is 5.32 Å². The monoisotopic (exact) mass is 390 g/mol. The summed E-state index contributed by atoms with van der Waals surface area (Å²) in [6.07, 6.45) is 0. The number of hydrogen-bond donors (Lipinski definition) is 1. The number of fused-ring (bicyclic) bond motifs is 1. The summed E-state index contributed by atoms with van der Waals surface area (Å²) in [5.41, 5.74) is -0.661. The number of benzene rings is 2. The average Bonchev–Trinajstić information content (AvgIpc) is 2.88. The van der Waals surface area contributed by atoms with Gasteiger partial charge in [-0.05, 0) is 36.8 Å². The molecule has 2 aliphatic heterocycles. The van der Waals surface area contributed by atoms with Gasteiger partial charge in [0.1, 0.15) is 24.6 Å². The molecule has 0 aromatic heterocycles. The Morgan fingerprint density at radius 2 is 1.93 bits per heavy atom. The predicted octanol–water partition coefficient (Wildman–Crippen LogP) is 3.22. The maximum atomic E-state index is 14.1. The first kappa shape index (κ1) is 17.6. The number of urea groups is 1. The van der Waals surface area contributed by atoms with Gasteiger partial charge in [0.2, 0.25) is 0 Å². The lowest BCUT2D eigenvalue weighted by Gasteiger charge is -2.25. The highest BCUT2D eigenvalue weighted by Crippen LogP contribution is 2.37. The molecule has 140 valence electrons. The van der Waals surface area contributed by atoms with Gasteiger partial charge in [-0.2, -0.15) is 0 Å². The second kappa shape index (κ2) is 6.42. The molecule has 0 radical (unpaired) electrons. The molecule has 6 nitrogen and oxygen atoms in total. The van der Waals surface area contributed by atoms with Crippen LogP contribution >= 0.6 is 11.6 Å². The number of carbonyl (C=O) groups excluding carboxylic acids is 2. The molecule has 2 heterocycles. The molecular weight excluding hydrogens is 375 g/mol. The van der Waals surface area contributed by atoms with Crippen molar-refractivity contribution >= 4 is 23.5 Å². The summed E-state index contributed by atoms with van der Waals surface area (Å²) < 4.78 is 25.1. The van der Waals surface area contributed by atoms with Crippen LogP contribution in [0.1, 0.15) is 18.1 Å². The number of ether oxygens (including phenoxy) is 2. The van der Waals surface area contributed by atoms with Crippen LogP contribution in [0.15, 0.2) is 36.4 Å². The van der Waals surface area contributed by atoms with Crippen molar-refractivity contribution in [1.82, 2.24) is 10.2 Å². The van der Waals surface area contributed by atoms with Crippen LogP contribution in [0.3, 0.4) is 0 Å². The fraction of sp³-hybridized carbons (Fsp3) is 0.263. The van der Waals surface area contributed by atoms with Crippen molar-refractivity contribution in [3.63, 3.8) is 0 Å². The van der Waals surface area contributed by atoms with Crippen LogP contribution in [0.5, 0.6) is 11.5 Å². The van der Waals surface area contributed by atoms with Gasteiger partial charge in [-0.3, -0.25) is 9.69 Å². The Hall–Kier alpha value is -2.80. The number of nitrogens with zero attached hydrogens (tertiary/aromatic N) is 1. The molecule has 3 amide bonds. The van der Waals surface area contributed by atoms with E-state index in [4.69, 9.17) is 21.1 Å². The molecule has 0 spiro atoms. The Balaban J connectivity index is 1.66. The molecule has 1 N–H and O–H groups in total. The summed E-state index contributed by atoms with van der Waals surface area (Å²) in [4.78, 5) is 26.5. The van der Waals surface area contributed by atoms with Gasteiger partial charge < -0.3 is 14.8 Å². The van der Waals surface area contributed by atoms with Gasteiger partial charge in [0, 0.05) is 10.6 Å². The highest BCUT2D eigenvalue weighted by molar-refractivity contribution is 6.31. The lowest BCUT2D eigenvalue weighted by molar-refractivity contribution is -0.131. The third kappa shape index (κ3) is 2.88. The van der Waals surface area contributed by atoms with Gasteiger partial charge in [0.25, 0.3) is 5.91 Å². The normalized spacial score (nSPS) is 21.4. The van der Waals surface area contributed by atoms with E-state index in [0.717, 1.165) is 4.90 Å². The third-order valence-electron chi connectivity index (χ3n) is 4.77. The first-order valence-corrected chi connectivity index (χ1v) is 8.75. The lowest BCUT2D eigenvalue weighted by atomic mass is 9.91. The summed E-state index contributed by atoms with van der Waals surface area (Å²) in [6.45, 7) is 2.21. The topological polar surface area (TPSA) is 67.9 Å². The Morgan fingerprint density at radius 1 is 1.19 bits per heavy atom. The van der Waals surface area contributed by atoms with Crippen molar-refractivity contribution in [1.29, 1.82) is 0 Å². The maximum absolute atomic E-state index is 14.1. The summed E-state index contributed by atoms with van der Waals surface area (Å²) in [7, 11) is 0. The van der Waals surface area contributed by atoms with E-state index < -0.39 is 23.3 Å². The van der Waals surface area contributed by atoms with Crippen molar-refractivity contribution in [2.45, 2.75) is 19.0 Å². The SMILES string of the molecule is C[C@]1(c2ccc3c(c2)OCCO3)NC(=O)N(Cc2c(F)cccc2Cl)C1=O. The van der Waals surface area contributed by atoms with Crippen LogP contribution in [0.25, 0.3) is 0 Å². The molecule has 1 saturated heterocycles. The minimum Gasteiger partial charge on any atom is -0.486 e. The highest BCUT2D eigenvalue weighted by atomic mass is 35.5. The minimum absolute atomic E-state index is 0.0918. The molecule has 2 aromatic carbocycles. The zero-order chi connectivity index (χ0) is 19.2. The molecule has 4 rings (SSSR count). The van der Waals surface area contributed by atoms with E-state index in [1.54, 1.807) is 25.1 Å². The van der Waals surface area contributed by atoms with Gasteiger partial charge in [-0.1, -0.05) is 23.7 Å². The number of carbonyl (C=O) groups is 2. The number of rotatable bonds is 3. The lowest BCUT2D eigenvalue weighted by Crippen LogP contribution is -2.41. The van der Waals surface area contributed by atoms with E-state index >= 15 is 0 Å². The van der Waals surface area contributed by atoms with Crippen LogP contribution < -0.4 is 14.8 Å². The molecule has 27 heavy (non-hydrogen) atoms. The molecule has 1 atom stereocenters. The highest BCUT2D eigenvalue weighted by Gasteiger charge is 2.49. The van der Waals surface area contributed by atoms with Crippen molar-refractivity contribution in [3.8, 4) is 11.5 Å². The zero-order valence-electron chi connectivity index (χ0n) is 14.4. The van der Waals surface area contributed by atoms with Gasteiger partial charge in [-0.15, -0.1) is 0 Å². The van der Waals surface area contributed by atoms with Crippen molar-refractivity contribution in [2.75, 3.05) is 13.2 Å². The second-order valence-corrected chi connectivity index (χ2v) is 6.91. The van der Waals surface area contributed by atoms with Gasteiger partial charge >= 0.3 is 6.03 Å². The van der Waals surface area contributed by atoms with E-state index in [1.807, 2.05) is 0 Å². The number of amides is 3. The smallest absolute Gasteiger partial charge is 0.325 e. The molecule has 1 fully saturated rings. The molecule has 0 bridgehead atoms. The molecule has 8 heteroatoms. The van der Waals surface area contributed by atoms with E-state index in [9.17, 15) is 14.0 Å². The first-order valence-electron chi connectivity index (χ1n) is 8.37. The summed E-state index contributed by atoms with van der Waals surface area (Å²) in [5, 5.41) is 2.84. The minimum atomic E-state index is -1.30.